The Morgan fingerprint density at radius 2 is 2.16 bits per heavy atom. The van der Waals surface area contributed by atoms with E-state index in [1.54, 1.807) is 18.0 Å². The van der Waals surface area contributed by atoms with Gasteiger partial charge < -0.3 is 14.6 Å². The number of hydrogen-bond acceptors (Lipinski definition) is 4. The van der Waals surface area contributed by atoms with Crippen molar-refractivity contribution in [1.29, 1.82) is 0 Å². The summed E-state index contributed by atoms with van der Waals surface area (Å²) in [6.45, 7) is 2.52. The molecule has 1 atom stereocenters. The molecule has 1 aromatic carbocycles. The van der Waals surface area contributed by atoms with Crippen LogP contribution in [0.25, 0.3) is 10.9 Å². The van der Waals surface area contributed by atoms with Crippen LogP contribution in [-0.4, -0.2) is 53.2 Å². The standard InChI is InChI=1S/C18H20FN3O3/c1-21-10-18(25-17(21)24)6-3-7-22(11-18)9-12-8-15(23)13-4-2-5-14(19)16(13)20-12/h2,4-5,8H,3,6-7,9-11H2,1H3,(H,20,23). The van der Waals surface area contributed by atoms with Gasteiger partial charge in [-0.3, -0.25) is 9.69 Å². The van der Waals surface area contributed by atoms with Gasteiger partial charge in [0, 0.05) is 37.3 Å². The fraction of sp³-hybridized carbons (Fsp3) is 0.444. The Hall–Kier alpha value is -2.41. The third-order valence-electron chi connectivity index (χ3n) is 5.02. The molecular formula is C18H20FN3O3. The van der Waals surface area contributed by atoms with Gasteiger partial charge in [0.15, 0.2) is 5.43 Å². The zero-order valence-electron chi connectivity index (χ0n) is 14.0. The maximum atomic E-state index is 14.0. The molecule has 1 aromatic heterocycles. The van der Waals surface area contributed by atoms with Crippen molar-refractivity contribution in [2.75, 3.05) is 26.7 Å². The Kier molecular flexibility index (Phi) is 3.76. The number of nitrogens with one attached hydrogen (secondary N) is 1. The molecule has 2 aliphatic heterocycles. The number of fused-ring (bicyclic) bond motifs is 1. The van der Waals surface area contributed by atoms with E-state index in [9.17, 15) is 14.0 Å². The lowest BCUT2D eigenvalue weighted by molar-refractivity contribution is -0.0116. The first-order valence-electron chi connectivity index (χ1n) is 8.43. The summed E-state index contributed by atoms with van der Waals surface area (Å²) in [6, 6.07) is 6.01. The summed E-state index contributed by atoms with van der Waals surface area (Å²) >= 11 is 0. The number of benzene rings is 1. The molecule has 3 heterocycles. The van der Waals surface area contributed by atoms with Crippen molar-refractivity contribution in [1.82, 2.24) is 14.8 Å². The van der Waals surface area contributed by atoms with Gasteiger partial charge in [-0.15, -0.1) is 0 Å². The molecular weight excluding hydrogens is 325 g/mol. The van der Waals surface area contributed by atoms with Crippen LogP contribution in [0.5, 0.6) is 0 Å². The number of H-pyrrole nitrogens is 1. The van der Waals surface area contributed by atoms with Gasteiger partial charge in [0.25, 0.3) is 0 Å². The van der Waals surface area contributed by atoms with Gasteiger partial charge in [0.1, 0.15) is 11.4 Å². The number of halogens is 1. The third kappa shape index (κ3) is 2.89. The largest absolute Gasteiger partial charge is 0.440 e. The van der Waals surface area contributed by atoms with E-state index in [0.717, 1.165) is 19.4 Å². The molecule has 25 heavy (non-hydrogen) atoms. The second-order valence-electron chi connectivity index (χ2n) is 7.04. The predicted octanol–water partition coefficient (Wildman–Crippen LogP) is 2.08. The van der Waals surface area contributed by atoms with Gasteiger partial charge in [0.05, 0.1) is 12.1 Å². The van der Waals surface area contributed by atoms with Gasteiger partial charge in [-0.25, -0.2) is 9.18 Å². The van der Waals surface area contributed by atoms with Crippen LogP contribution in [0.2, 0.25) is 0 Å². The number of piperidine rings is 1. The highest BCUT2D eigenvalue weighted by Gasteiger charge is 2.46. The van der Waals surface area contributed by atoms with E-state index in [1.807, 2.05) is 0 Å². The number of pyridine rings is 1. The minimum Gasteiger partial charge on any atom is -0.440 e. The van der Waals surface area contributed by atoms with E-state index < -0.39 is 11.4 Å². The number of nitrogens with zero attached hydrogens (tertiary/aromatic N) is 2. The molecule has 132 valence electrons. The van der Waals surface area contributed by atoms with Crippen LogP contribution in [0.4, 0.5) is 9.18 Å². The van der Waals surface area contributed by atoms with Gasteiger partial charge >= 0.3 is 6.09 Å². The van der Waals surface area contributed by atoms with E-state index in [1.165, 1.54) is 18.2 Å². The second-order valence-corrected chi connectivity index (χ2v) is 7.04. The molecule has 1 unspecified atom stereocenters. The van der Waals surface area contributed by atoms with Crippen molar-refractivity contribution in [3.63, 3.8) is 0 Å². The zero-order chi connectivity index (χ0) is 17.6. The first kappa shape index (κ1) is 16.1. The van der Waals surface area contributed by atoms with Gasteiger partial charge in [0.2, 0.25) is 0 Å². The lowest BCUT2D eigenvalue weighted by Gasteiger charge is -2.38. The van der Waals surface area contributed by atoms with Crippen LogP contribution in [0, 0.1) is 5.82 Å². The lowest BCUT2D eigenvalue weighted by atomic mass is 9.92. The van der Waals surface area contributed by atoms with Crippen molar-refractivity contribution in [3.05, 3.63) is 46.0 Å². The van der Waals surface area contributed by atoms with Crippen molar-refractivity contribution in [2.45, 2.75) is 25.0 Å². The number of aromatic nitrogens is 1. The van der Waals surface area contributed by atoms with Crippen molar-refractivity contribution < 1.29 is 13.9 Å². The van der Waals surface area contributed by atoms with Crippen LogP contribution in [0.15, 0.2) is 29.1 Å². The molecule has 4 rings (SSSR count). The van der Waals surface area contributed by atoms with Crippen LogP contribution in [0.1, 0.15) is 18.5 Å². The van der Waals surface area contributed by atoms with Crippen LogP contribution < -0.4 is 5.43 Å². The lowest BCUT2D eigenvalue weighted by Crippen LogP contribution is -2.50. The maximum Gasteiger partial charge on any atom is 0.410 e. The summed E-state index contributed by atoms with van der Waals surface area (Å²) in [5, 5.41) is 0.352. The average Bonchev–Trinajstić information content (AvgIpc) is 2.82. The highest BCUT2D eigenvalue weighted by molar-refractivity contribution is 5.78. The molecule has 2 fully saturated rings. The Morgan fingerprint density at radius 1 is 1.32 bits per heavy atom. The fourth-order valence-corrected chi connectivity index (χ4v) is 3.95. The van der Waals surface area contributed by atoms with Crippen LogP contribution in [-0.2, 0) is 11.3 Å². The van der Waals surface area contributed by atoms with Crippen molar-refractivity contribution >= 4 is 17.0 Å². The smallest absolute Gasteiger partial charge is 0.410 e. The Bertz CT molecular complexity index is 897. The van der Waals surface area contributed by atoms with Gasteiger partial charge in [-0.2, -0.15) is 0 Å². The summed E-state index contributed by atoms with van der Waals surface area (Å²) in [5.41, 5.74) is 0.231. The highest BCUT2D eigenvalue weighted by atomic mass is 19.1. The van der Waals surface area contributed by atoms with E-state index in [4.69, 9.17) is 4.74 Å². The Labute approximate surface area is 144 Å². The first-order chi connectivity index (χ1) is 12.0. The molecule has 1 amide bonds. The Balaban J connectivity index is 1.58. The minimum absolute atomic E-state index is 0.193. The molecule has 6 nitrogen and oxygen atoms in total. The minimum atomic E-state index is -0.480. The summed E-state index contributed by atoms with van der Waals surface area (Å²) < 4.78 is 19.6. The number of carbonyl (C=O) groups is 1. The molecule has 2 aromatic rings. The molecule has 0 radical (unpaired) electrons. The summed E-state index contributed by atoms with van der Waals surface area (Å²) in [4.78, 5) is 30.8. The summed E-state index contributed by atoms with van der Waals surface area (Å²) in [5.74, 6) is -0.432. The van der Waals surface area contributed by atoms with E-state index >= 15 is 0 Å². The monoisotopic (exact) mass is 345 g/mol. The molecule has 1 N–H and O–H groups in total. The summed E-state index contributed by atoms with van der Waals surface area (Å²) in [6.07, 6.45) is 1.46. The zero-order valence-corrected chi connectivity index (χ0v) is 14.0. The van der Waals surface area contributed by atoms with E-state index in [-0.39, 0.29) is 17.0 Å². The van der Waals surface area contributed by atoms with Gasteiger partial charge in [-0.1, -0.05) is 6.07 Å². The number of aromatic amines is 1. The molecule has 7 heteroatoms. The number of likely N-dealkylation sites (N-methyl/N-ethyl adjacent to an activating group) is 1. The van der Waals surface area contributed by atoms with E-state index in [2.05, 4.69) is 9.88 Å². The fourth-order valence-electron chi connectivity index (χ4n) is 3.95. The van der Waals surface area contributed by atoms with Crippen LogP contribution >= 0.6 is 0 Å². The number of rotatable bonds is 2. The number of ether oxygens (including phenoxy) is 1. The number of amides is 1. The Morgan fingerprint density at radius 3 is 2.92 bits per heavy atom. The van der Waals surface area contributed by atoms with Crippen molar-refractivity contribution in [2.24, 2.45) is 0 Å². The molecule has 2 aliphatic rings. The molecule has 2 saturated heterocycles. The molecule has 1 spiro atoms. The number of carbonyl (C=O) groups excluding carboxylic acids is 1. The number of para-hydroxylation sites is 1. The predicted molar refractivity (Wildman–Crippen MR) is 90.9 cm³/mol. The van der Waals surface area contributed by atoms with Gasteiger partial charge in [-0.05, 0) is 31.5 Å². The van der Waals surface area contributed by atoms with E-state index in [0.29, 0.717) is 30.7 Å². The molecule has 0 bridgehead atoms. The third-order valence-corrected chi connectivity index (χ3v) is 5.02. The highest BCUT2D eigenvalue weighted by Crippen LogP contribution is 2.31. The normalized spacial score (nSPS) is 24.2. The summed E-state index contributed by atoms with van der Waals surface area (Å²) in [7, 11) is 1.74. The maximum absolute atomic E-state index is 14.0. The topological polar surface area (TPSA) is 65.6 Å². The molecule has 0 saturated carbocycles. The van der Waals surface area contributed by atoms with Crippen molar-refractivity contribution in [3.8, 4) is 0 Å². The first-order valence-corrected chi connectivity index (χ1v) is 8.43. The average molecular weight is 345 g/mol. The molecule has 0 aliphatic carbocycles. The number of hydrogen-bond donors (Lipinski definition) is 1. The van der Waals surface area contributed by atoms with Crippen LogP contribution in [0.3, 0.4) is 0 Å². The second kappa shape index (κ2) is 5.84. The SMILES string of the molecule is CN1CC2(CCCN(Cc3cc(=O)c4cccc(F)c4[nH]3)C2)OC1=O. The quantitative estimate of drug-likeness (QED) is 0.905. The number of likely N-dealkylation sites (tertiary alicyclic amines) is 1.